The molecule has 0 radical (unpaired) electrons. The highest BCUT2D eigenvalue weighted by Crippen LogP contribution is 2.23. The Labute approximate surface area is 75.3 Å². The average Bonchev–Trinajstić information content (AvgIpc) is 1.93. The number of thioether (sulfide) groups is 1. The highest BCUT2D eigenvalue weighted by atomic mass is 79.9. The van der Waals surface area contributed by atoms with E-state index in [1.54, 1.807) is 12.1 Å². The molecule has 1 heterocycles. The van der Waals surface area contributed by atoms with Crippen LogP contribution in [0.3, 0.4) is 0 Å². The van der Waals surface area contributed by atoms with Crippen LogP contribution in [0.4, 0.5) is 8.78 Å². The van der Waals surface area contributed by atoms with Gasteiger partial charge in [-0.05, 0) is 39.8 Å². The summed E-state index contributed by atoms with van der Waals surface area (Å²) in [7, 11) is 0. The number of rotatable bonds is 2. The predicted octanol–water partition coefficient (Wildman–Crippen LogP) is 3.16. The quantitative estimate of drug-likeness (QED) is 0.736. The minimum absolute atomic E-state index is 0.336. The first kappa shape index (κ1) is 8.93. The second-order valence-electron chi connectivity index (χ2n) is 1.69. The van der Waals surface area contributed by atoms with Crippen LogP contribution in [0.2, 0.25) is 0 Å². The summed E-state index contributed by atoms with van der Waals surface area (Å²) in [5.74, 6) is -2.40. The van der Waals surface area contributed by atoms with Gasteiger partial charge in [0.15, 0.2) is 0 Å². The third-order valence-corrected chi connectivity index (χ3v) is 2.04. The molecule has 0 aliphatic rings. The Hall–Kier alpha value is -0.160. The normalized spacial score (nSPS) is 10.5. The maximum absolute atomic E-state index is 11.7. The van der Waals surface area contributed by atoms with Crippen molar-refractivity contribution in [1.82, 2.24) is 4.98 Å². The van der Waals surface area contributed by atoms with Crippen molar-refractivity contribution in [3.8, 4) is 0 Å². The van der Waals surface area contributed by atoms with Gasteiger partial charge in [0, 0.05) is 10.7 Å². The van der Waals surface area contributed by atoms with Crippen LogP contribution < -0.4 is 0 Å². The van der Waals surface area contributed by atoms with Crippen molar-refractivity contribution < 1.29 is 8.78 Å². The van der Waals surface area contributed by atoms with Gasteiger partial charge < -0.3 is 0 Å². The average molecular weight is 240 g/mol. The molecular weight excluding hydrogens is 236 g/mol. The standard InChI is InChI=1S/C6H4BrF2NS/c7-4-1-2-5(10-3-4)11-6(8)9/h1-3,6H. The van der Waals surface area contributed by atoms with E-state index in [2.05, 4.69) is 20.9 Å². The third kappa shape index (κ3) is 3.16. The Morgan fingerprint density at radius 3 is 2.64 bits per heavy atom. The number of halogens is 3. The molecule has 60 valence electrons. The molecule has 0 aromatic carbocycles. The minimum atomic E-state index is -2.40. The largest absolute Gasteiger partial charge is 0.290 e. The molecule has 0 unspecified atom stereocenters. The molecule has 0 amide bonds. The van der Waals surface area contributed by atoms with Crippen LogP contribution in [0.15, 0.2) is 27.8 Å². The van der Waals surface area contributed by atoms with Crippen molar-refractivity contribution in [1.29, 1.82) is 0 Å². The lowest BCUT2D eigenvalue weighted by Crippen LogP contribution is -1.84. The highest BCUT2D eigenvalue weighted by molar-refractivity contribution is 9.10. The van der Waals surface area contributed by atoms with Crippen LogP contribution in [0.1, 0.15) is 0 Å². The summed E-state index contributed by atoms with van der Waals surface area (Å²) in [6, 6.07) is 3.22. The van der Waals surface area contributed by atoms with Crippen molar-refractivity contribution >= 4 is 27.7 Å². The maximum Gasteiger partial charge on any atom is 0.290 e. The van der Waals surface area contributed by atoms with Crippen LogP contribution in [0.25, 0.3) is 0 Å². The van der Waals surface area contributed by atoms with Crippen LogP contribution >= 0.6 is 27.7 Å². The number of hydrogen-bond donors (Lipinski definition) is 0. The fraction of sp³-hybridized carbons (Fsp3) is 0.167. The van der Waals surface area contributed by atoms with Crippen LogP contribution in [-0.4, -0.2) is 10.7 Å². The third-order valence-electron chi connectivity index (χ3n) is 0.910. The zero-order valence-corrected chi connectivity index (χ0v) is 7.70. The molecule has 0 saturated heterocycles. The molecule has 0 atom stereocenters. The number of hydrogen-bond acceptors (Lipinski definition) is 2. The number of pyridine rings is 1. The van der Waals surface area contributed by atoms with E-state index in [0.29, 0.717) is 16.8 Å². The molecule has 1 aromatic rings. The van der Waals surface area contributed by atoms with E-state index in [4.69, 9.17) is 0 Å². The van der Waals surface area contributed by atoms with Gasteiger partial charge in [-0.25, -0.2) is 4.98 Å². The molecule has 1 nitrogen and oxygen atoms in total. The first-order valence-electron chi connectivity index (χ1n) is 2.75. The summed E-state index contributed by atoms with van der Waals surface area (Å²) in [5, 5.41) is 0.336. The Balaban J connectivity index is 2.66. The molecule has 0 fully saturated rings. The lowest BCUT2D eigenvalue weighted by Gasteiger charge is -1.97. The first-order chi connectivity index (χ1) is 5.18. The summed E-state index contributed by atoms with van der Waals surface area (Å²) < 4.78 is 24.3. The molecule has 0 spiro atoms. The predicted molar refractivity (Wildman–Crippen MR) is 43.8 cm³/mol. The monoisotopic (exact) mass is 239 g/mol. The first-order valence-corrected chi connectivity index (χ1v) is 4.42. The van der Waals surface area contributed by atoms with E-state index in [1.807, 2.05) is 0 Å². The summed E-state index contributed by atoms with van der Waals surface area (Å²) in [4.78, 5) is 3.75. The fourth-order valence-electron chi connectivity index (χ4n) is 0.523. The van der Waals surface area contributed by atoms with Gasteiger partial charge >= 0.3 is 0 Å². The number of nitrogens with zero attached hydrogens (tertiary/aromatic N) is 1. The van der Waals surface area contributed by atoms with Gasteiger partial charge in [-0.1, -0.05) is 0 Å². The van der Waals surface area contributed by atoms with Crippen molar-refractivity contribution in [3.05, 3.63) is 22.8 Å². The van der Waals surface area contributed by atoms with E-state index < -0.39 is 5.76 Å². The molecule has 5 heteroatoms. The molecule has 11 heavy (non-hydrogen) atoms. The van der Waals surface area contributed by atoms with Gasteiger partial charge in [0.25, 0.3) is 5.76 Å². The van der Waals surface area contributed by atoms with E-state index in [9.17, 15) is 8.78 Å². The topological polar surface area (TPSA) is 12.9 Å². The number of aromatic nitrogens is 1. The van der Waals surface area contributed by atoms with E-state index in [-0.39, 0.29) is 0 Å². The zero-order chi connectivity index (χ0) is 8.27. The second kappa shape index (κ2) is 4.01. The SMILES string of the molecule is FC(F)Sc1ccc(Br)cn1. The van der Waals surface area contributed by atoms with Gasteiger partial charge in [-0.2, -0.15) is 8.78 Å². The van der Waals surface area contributed by atoms with Gasteiger partial charge in [0.1, 0.15) is 5.03 Å². The van der Waals surface area contributed by atoms with Crippen molar-refractivity contribution in [2.45, 2.75) is 10.8 Å². The smallest absolute Gasteiger partial charge is 0.249 e. The summed E-state index contributed by atoms with van der Waals surface area (Å²) in [6.07, 6.45) is 1.49. The molecular formula is C6H4BrF2NS. The molecule has 0 N–H and O–H groups in total. The molecule has 0 saturated carbocycles. The summed E-state index contributed by atoms with van der Waals surface area (Å²) in [6.45, 7) is 0. The van der Waals surface area contributed by atoms with E-state index in [0.717, 1.165) is 4.47 Å². The van der Waals surface area contributed by atoms with E-state index in [1.165, 1.54) is 6.20 Å². The Morgan fingerprint density at radius 1 is 1.45 bits per heavy atom. The minimum Gasteiger partial charge on any atom is -0.249 e. The van der Waals surface area contributed by atoms with Gasteiger partial charge in [0.2, 0.25) is 0 Å². The molecule has 0 aliphatic heterocycles. The van der Waals surface area contributed by atoms with Crippen LogP contribution in [-0.2, 0) is 0 Å². The van der Waals surface area contributed by atoms with Gasteiger partial charge in [-0.3, -0.25) is 0 Å². The molecule has 0 bridgehead atoms. The van der Waals surface area contributed by atoms with Gasteiger partial charge in [0.05, 0.1) is 0 Å². The fourth-order valence-corrected chi connectivity index (χ4v) is 1.20. The highest BCUT2D eigenvalue weighted by Gasteiger charge is 2.04. The lowest BCUT2D eigenvalue weighted by molar-refractivity contribution is 0.252. The van der Waals surface area contributed by atoms with Crippen molar-refractivity contribution in [2.75, 3.05) is 0 Å². The Bertz CT molecular complexity index is 227. The molecule has 1 rings (SSSR count). The maximum atomic E-state index is 11.7. The van der Waals surface area contributed by atoms with Crippen molar-refractivity contribution in [3.63, 3.8) is 0 Å². The summed E-state index contributed by atoms with van der Waals surface area (Å²) in [5.41, 5.74) is 0. The van der Waals surface area contributed by atoms with Crippen LogP contribution in [0, 0.1) is 0 Å². The second-order valence-corrected chi connectivity index (χ2v) is 3.62. The number of alkyl halides is 2. The van der Waals surface area contributed by atoms with Crippen LogP contribution in [0.5, 0.6) is 0 Å². The van der Waals surface area contributed by atoms with Gasteiger partial charge in [-0.15, -0.1) is 0 Å². The molecule has 0 aliphatic carbocycles. The molecule has 1 aromatic heterocycles. The van der Waals surface area contributed by atoms with Crippen molar-refractivity contribution in [2.24, 2.45) is 0 Å². The zero-order valence-electron chi connectivity index (χ0n) is 5.30. The summed E-state index contributed by atoms with van der Waals surface area (Å²) >= 11 is 3.59. The lowest BCUT2D eigenvalue weighted by atomic mass is 10.5. The Kier molecular flexibility index (Phi) is 3.26. The van der Waals surface area contributed by atoms with E-state index >= 15 is 0 Å². The Morgan fingerprint density at radius 2 is 2.18 bits per heavy atom.